The topological polar surface area (TPSA) is 21.3 Å². The molecule has 21 heavy (non-hydrogen) atoms. The molecule has 0 bridgehead atoms. The molecule has 112 valence electrons. The lowest BCUT2D eigenvalue weighted by Gasteiger charge is -2.15. The summed E-state index contributed by atoms with van der Waals surface area (Å²) in [7, 11) is 1.58. The molecule has 0 spiro atoms. The highest BCUT2D eigenvalue weighted by molar-refractivity contribution is 5.69. The van der Waals surface area contributed by atoms with Crippen LogP contribution in [0.2, 0.25) is 0 Å². The van der Waals surface area contributed by atoms with Gasteiger partial charge in [0, 0.05) is 18.2 Å². The lowest BCUT2D eigenvalue weighted by Crippen LogP contribution is -2.22. The molecule has 0 fully saturated rings. The fraction of sp³-hybridized carbons (Fsp3) is 0.294. The van der Waals surface area contributed by atoms with Crippen molar-refractivity contribution in [2.75, 3.05) is 7.11 Å². The van der Waals surface area contributed by atoms with Crippen LogP contribution in [0.3, 0.4) is 0 Å². The third-order valence-electron chi connectivity index (χ3n) is 3.23. The number of ether oxygens (including phenoxy) is 1. The second kappa shape index (κ2) is 6.68. The number of halogens is 2. The van der Waals surface area contributed by atoms with E-state index in [1.807, 2.05) is 19.9 Å². The van der Waals surface area contributed by atoms with Gasteiger partial charge in [0.25, 0.3) is 0 Å². The van der Waals surface area contributed by atoms with Crippen LogP contribution in [0.25, 0.3) is 11.1 Å². The Morgan fingerprint density at radius 3 is 2.48 bits per heavy atom. The van der Waals surface area contributed by atoms with E-state index in [1.165, 1.54) is 6.07 Å². The average Bonchev–Trinajstić information content (AvgIpc) is 2.47. The van der Waals surface area contributed by atoms with Crippen LogP contribution < -0.4 is 10.1 Å². The number of hydrogen-bond donors (Lipinski definition) is 1. The van der Waals surface area contributed by atoms with E-state index in [9.17, 15) is 8.78 Å². The minimum absolute atomic E-state index is 0.262. The molecule has 2 aromatic rings. The van der Waals surface area contributed by atoms with Crippen LogP contribution in [-0.2, 0) is 6.54 Å². The van der Waals surface area contributed by atoms with Gasteiger partial charge in [-0.25, -0.2) is 8.78 Å². The van der Waals surface area contributed by atoms with Crippen LogP contribution in [0, 0.1) is 11.6 Å². The van der Waals surface area contributed by atoms with Crippen molar-refractivity contribution in [2.45, 2.75) is 26.4 Å². The molecule has 0 aliphatic rings. The lowest BCUT2D eigenvalue weighted by molar-refractivity contribution is 0.414. The standard InChI is InChI=1S/C17H19F2NO/c1-11(2)20-10-12-8-14(21-3)5-6-15(12)16-9-13(18)4-7-17(16)19/h4-9,11,20H,10H2,1-3H3. The van der Waals surface area contributed by atoms with E-state index >= 15 is 0 Å². The van der Waals surface area contributed by atoms with E-state index in [0.29, 0.717) is 23.9 Å². The summed E-state index contributed by atoms with van der Waals surface area (Å²) >= 11 is 0. The summed E-state index contributed by atoms with van der Waals surface area (Å²) in [5.74, 6) is -0.200. The van der Waals surface area contributed by atoms with Crippen molar-refractivity contribution >= 4 is 0 Å². The molecular weight excluding hydrogens is 272 g/mol. The predicted molar refractivity (Wildman–Crippen MR) is 80.3 cm³/mol. The van der Waals surface area contributed by atoms with Crippen LogP contribution in [0.1, 0.15) is 19.4 Å². The van der Waals surface area contributed by atoms with Gasteiger partial charge in [-0.2, -0.15) is 0 Å². The second-order valence-electron chi connectivity index (χ2n) is 5.18. The van der Waals surface area contributed by atoms with Crippen LogP contribution >= 0.6 is 0 Å². The number of benzene rings is 2. The van der Waals surface area contributed by atoms with E-state index in [1.54, 1.807) is 19.2 Å². The summed E-state index contributed by atoms with van der Waals surface area (Å²) in [5.41, 5.74) is 1.80. The normalized spacial score (nSPS) is 11.0. The molecule has 0 atom stereocenters. The van der Waals surface area contributed by atoms with Crippen LogP contribution in [0.4, 0.5) is 8.78 Å². The Labute approximate surface area is 123 Å². The largest absolute Gasteiger partial charge is 0.497 e. The van der Waals surface area contributed by atoms with Gasteiger partial charge in [-0.1, -0.05) is 19.9 Å². The molecule has 0 aliphatic heterocycles. The Hall–Kier alpha value is -1.94. The van der Waals surface area contributed by atoms with Gasteiger partial charge in [-0.05, 0) is 41.5 Å². The fourth-order valence-electron chi connectivity index (χ4n) is 2.12. The van der Waals surface area contributed by atoms with E-state index in [-0.39, 0.29) is 5.56 Å². The van der Waals surface area contributed by atoms with Gasteiger partial charge in [0.15, 0.2) is 0 Å². The van der Waals surface area contributed by atoms with Gasteiger partial charge in [0.05, 0.1) is 7.11 Å². The monoisotopic (exact) mass is 291 g/mol. The summed E-state index contributed by atoms with van der Waals surface area (Å²) < 4.78 is 32.6. The van der Waals surface area contributed by atoms with Crippen LogP contribution in [0.5, 0.6) is 5.75 Å². The van der Waals surface area contributed by atoms with Crippen LogP contribution in [-0.4, -0.2) is 13.2 Å². The minimum Gasteiger partial charge on any atom is -0.497 e. The van der Waals surface area contributed by atoms with Crippen LogP contribution in [0.15, 0.2) is 36.4 Å². The molecular formula is C17H19F2NO. The number of hydrogen-bond acceptors (Lipinski definition) is 2. The van der Waals surface area contributed by atoms with Gasteiger partial charge in [-0.15, -0.1) is 0 Å². The minimum atomic E-state index is -0.454. The second-order valence-corrected chi connectivity index (χ2v) is 5.18. The first-order valence-corrected chi connectivity index (χ1v) is 6.87. The summed E-state index contributed by atoms with van der Waals surface area (Å²) in [6.45, 7) is 4.62. The maximum atomic E-state index is 14.0. The van der Waals surface area contributed by atoms with Gasteiger partial charge in [0.2, 0.25) is 0 Å². The zero-order valence-electron chi connectivity index (χ0n) is 12.4. The lowest BCUT2D eigenvalue weighted by atomic mass is 9.98. The molecule has 0 saturated heterocycles. The summed E-state index contributed by atoms with van der Waals surface area (Å²) in [6.07, 6.45) is 0. The SMILES string of the molecule is COc1ccc(-c2cc(F)ccc2F)c(CNC(C)C)c1. The van der Waals surface area contributed by atoms with Gasteiger partial charge in [0.1, 0.15) is 17.4 Å². The smallest absolute Gasteiger partial charge is 0.131 e. The Kier molecular flexibility index (Phi) is 4.91. The van der Waals surface area contributed by atoms with Crippen molar-refractivity contribution < 1.29 is 13.5 Å². The predicted octanol–water partition coefficient (Wildman–Crippen LogP) is 4.14. The van der Waals surface area contributed by atoms with Gasteiger partial charge in [-0.3, -0.25) is 0 Å². The van der Waals surface area contributed by atoms with Crippen molar-refractivity contribution in [2.24, 2.45) is 0 Å². The molecule has 4 heteroatoms. The van der Waals surface area contributed by atoms with Crippen molar-refractivity contribution in [3.8, 4) is 16.9 Å². The molecule has 0 radical (unpaired) electrons. The van der Waals surface area contributed by atoms with Crippen molar-refractivity contribution in [1.29, 1.82) is 0 Å². The van der Waals surface area contributed by atoms with E-state index in [0.717, 1.165) is 17.7 Å². The Balaban J connectivity index is 2.48. The Morgan fingerprint density at radius 2 is 1.81 bits per heavy atom. The first-order valence-electron chi connectivity index (χ1n) is 6.87. The van der Waals surface area contributed by atoms with Gasteiger partial charge >= 0.3 is 0 Å². The molecule has 0 amide bonds. The highest BCUT2D eigenvalue weighted by atomic mass is 19.1. The third-order valence-corrected chi connectivity index (χ3v) is 3.23. The average molecular weight is 291 g/mol. The highest BCUT2D eigenvalue weighted by Gasteiger charge is 2.12. The molecule has 2 nitrogen and oxygen atoms in total. The summed E-state index contributed by atoms with van der Waals surface area (Å²) in [4.78, 5) is 0. The number of methoxy groups -OCH3 is 1. The molecule has 2 aromatic carbocycles. The molecule has 2 rings (SSSR count). The Bertz CT molecular complexity index is 626. The molecule has 0 aliphatic carbocycles. The maximum absolute atomic E-state index is 14.0. The quantitative estimate of drug-likeness (QED) is 0.894. The molecule has 0 aromatic heterocycles. The van der Waals surface area contributed by atoms with Crippen molar-refractivity contribution in [3.63, 3.8) is 0 Å². The Morgan fingerprint density at radius 1 is 1.05 bits per heavy atom. The van der Waals surface area contributed by atoms with Gasteiger partial charge < -0.3 is 10.1 Å². The number of rotatable bonds is 5. The molecule has 1 N–H and O–H groups in total. The molecule has 0 heterocycles. The van der Waals surface area contributed by atoms with Crippen molar-refractivity contribution in [3.05, 3.63) is 53.6 Å². The summed E-state index contributed by atoms with van der Waals surface area (Å²) in [6, 6.07) is 9.13. The third kappa shape index (κ3) is 3.79. The zero-order valence-corrected chi connectivity index (χ0v) is 12.4. The van der Waals surface area contributed by atoms with Crippen molar-refractivity contribution in [1.82, 2.24) is 5.32 Å². The highest BCUT2D eigenvalue weighted by Crippen LogP contribution is 2.30. The molecule has 0 unspecified atom stereocenters. The van der Waals surface area contributed by atoms with E-state index < -0.39 is 11.6 Å². The number of nitrogens with one attached hydrogen (secondary N) is 1. The summed E-state index contributed by atoms with van der Waals surface area (Å²) in [5, 5.41) is 3.29. The van der Waals surface area contributed by atoms with E-state index in [2.05, 4.69) is 5.32 Å². The first kappa shape index (κ1) is 15.4. The zero-order chi connectivity index (χ0) is 15.4. The first-order chi connectivity index (χ1) is 10.0. The maximum Gasteiger partial charge on any atom is 0.131 e. The fourth-order valence-corrected chi connectivity index (χ4v) is 2.12. The molecule has 0 saturated carbocycles. The van der Waals surface area contributed by atoms with E-state index in [4.69, 9.17) is 4.74 Å².